The highest BCUT2D eigenvalue weighted by Gasteiger charge is 2.20. The maximum atomic E-state index is 12.7. The number of hydrogen-bond donors (Lipinski definition) is 2. The third-order valence-electron chi connectivity index (χ3n) is 4.63. The minimum absolute atomic E-state index is 0.201. The molecule has 0 fully saturated rings. The number of nitrogen functional groups attached to an aromatic ring is 1. The van der Waals surface area contributed by atoms with E-state index in [0.29, 0.717) is 22.9 Å². The smallest absolute Gasteiger partial charge is 0.267 e. The van der Waals surface area contributed by atoms with E-state index in [9.17, 15) is 4.79 Å². The number of hydrogen-bond acceptors (Lipinski definition) is 5. The van der Waals surface area contributed by atoms with E-state index < -0.39 is 0 Å². The molecule has 4 rings (SSSR count). The van der Waals surface area contributed by atoms with E-state index in [2.05, 4.69) is 11.4 Å². The summed E-state index contributed by atoms with van der Waals surface area (Å²) < 4.78 is 5.42. The van der Waals surface area contributed by atoms with Crippen LogP contribution in [0.1, 0.15) is 40.7 Å². The van der Waals surface area contributed by atoms with Crippen LogP contribution in [-0.2, 0) is 12.8 Å². The predicted molar refractivity (Wildman–Crippen MR) is 106 cm³/mol. The molecule has 26 heavy (non-hydrogen) atoms. The molecule has 2 heterocycles. The summed E-state index contributed by atoms with van der Waals surface area (Å²) in [6, 6.07) is 9.44. The second-order valence-corrected chi connectivity index (χ2v) is 7.41. The average Bonchev–Trinajstić information content (AvgIpc) is 2.98. The Morgan fingerprint density at radius 1 is 1.27 bits per heavy atom. The first-order valence-electron chi connectivity index (χ1n) is 8.90. The normalized spacial score (nSPS) is 13.4. The summed E-state index contributed by atoms with van der Waals surface area (Å²) in [6.45, 7) is 2.55. The van der Waals surface area contributed by atoms with Gasteiger partial charge in [0.05, 0.1) is 12.3 Å². The van der Waals surface area contributed by atoms with Gasteiger partial charge in [0.2, 0.25) is 0 Å². The van der Waals surface area contributed by atoms with Crippen molar-refractivity contribution in [1.29, 1.82) is 0 Å². The minimum atomic E-state index is -0.201. The van der Waals surface area contributed by atoms with Crippen LogP contribution in [0.2, 0.25) is 0 Å². The number of anilines is 2. The molecule has 1 aliphatic carbocycles. The van der Waals surface area contributed by atoms with Crippen LogP contribution >= 0.6 is 11.3 Å². The quantitative estimate of drug-likeness (QED) is 0.716. The number of thiophene rings is 1. The Bertz CT molecular complexity index is 963. The zero-order valence-corrected chi connectivity index (χ0v) is 15.5. The van der Waals surface area contributed by atoms with E-state index in [1.165, 1.54) is 29.7 Å². The molecule has 1 aromatic carbocycles. The van der Waals surface area contributed by atoms with Gasteiger partial charge in [0.15, 0.2) is 0 Å². The van der Waals surface area contributed by atoms with Gasteiger partial charge in [0.25, 0.3) is 5.91 Å². The number of rotatable bonds is 4. The second-order valence-electron chi connectivity index (χ2n) is 6.41. The minimum Gasteiger partial charge on any atom is -0.494 e. The standard InChI is InChI=1S/C20H21N3O2S/c1-2-25-14-9-7-13(8-10-14)22-19(24)18-17(21)15-11-12-5-3-4-6-16(12)23-20(15)26-18/h7-11H,2-6,21H2,1H3,(H,22,24). The monoisotopic (exact) mass is 367 g/mol. The molecule has 3 N–H and O–H groups in total. The molecule has 134 valence electrons. The van der Waals surface area contributed by atoms with Crippen molar-refractivity contribution in [2.75, 3.05) is 17.7 Å². The third-order valence-corrected chi connectivity index (χ3v) is 5.74. The van der Waals surface area contributed by atoms with Gasteiger partial charge in [-0.3, -0.25) is 4.79 Å². The van der Waals surface area contributed by atoms with Crippen molar-refractivity contribution in [2.45, 2.75) is 32.6 Å². The molecule has 6 heteroatoms. The van der Waals surface area contributed by atoms with Gasteiger partial charge in [-0.1, -0.05) is 0 Å². The summed E-state index contributed by atoms with van der Waals surface area (Å²) in [5.41, 5.74) is 9.94. The van der Waals surface area contributed by atoms with Gasteiger partial charge in [-0.2, -0.15) is 0 Å². The van der Waals surface area contributed by atoms with Crippen LogP contribution in [0.5, 0.6) is 5.75 Å². The van der Waals surface area contributed by atoms with Crippen molar-refractivity contribution in [3.8, 4) is 5.75 Å². The Morgan fingerprint density at radius 2 is 2.04 bits per heavy atom. The lowest BCUT2D eigenvalue weighted by Crippen LogP contribution is -2.11. The molecule has 0 aliphatic heterocycles. The van der Waals surface area contributed by atoms with Gasteiger partial charge < -0.3 is 15.8 Å². The Balaban J connectivity index is 1.61. The predicted octanol–water partition coefficient (Wildman–Crippen LogP) is 4.41. The Hall–Kier alpha value is -2.60. The highest BCUT2D eigenvalue weighted by molar-refractivity contribution is 7.21. The Kier molecular flexibility index (Phi) is 4.51. The summed E-state index contributed by atoms with van der Waals surface area (Å²) >= 11 is 1.36. The van der Waals surface area contributed by atoms with E-state index in [4.69, 9.17) is 15.5 Å². The first kappa shape index (κ1) is 16.8. The van der Waals surface area contributed by atoms with Crippen molar-refractivity contribution < 1.29 is 9.53 Å². The molecular formula is C20H21N3O2S. The number of aromatic nitrogens is 1. The van der Waals surface area contributed by atoms with Crippen molar-refractivity contribution in [3.63, 3.8) is 0 Å². The lowest BCUT2D eigenvalue weighted by Gasteiger charge is -2.14. The number of carbonyl (C=O) groups is 1. The van der Waals surface area contributed by atoms with Gasteiger partial charge in [-0.15, -0.1) is 11.3 Å². The van der Waals surface area contributed by atoms with E-state index in [-0.39, 0.29) is 5.91 Å². The van der Waals surface area contributed by atoms with Gasteiger partial charge in [-0.25, -0.2) is 4.98 Å². The number of nitrogens with one attached hydrogen (secondary N) is 1. The van der Waals surface area contributed by atoms with E-state index in [0.717, 1.165) is 34.5 Å². The van der Waals surface area contributed by atoms with Crippen LogP contribution in [0.4, 0.5) is 11.4 Å². The van der Waals surface area contributed by atoms with Crippen LogP contribution in [-0.4, -0.2) is 17.5 Å². The molecule has 5 nitrogen and oxygen atoms in total. The molecule has 0 saturated carbocycles. The van der Waals surface area contributed by atoms with Gasteiger partial charge >= 0.3 is 0 Å². The molecule has 0 spiro atoms. The molecule has 0 unspecified atom stereocenters. The van der Waals surface area contributed by atoms with Crippen molar-refractivity contribution in [3.05, 3.63) is 46.5 Å². The third kappa shape index (κ3) is 3.12. The fourth-order valence-electron chi connectivity index (χ4n) is 3.32. The largest absolute Gasteiger partial charge is 0.494 e. The topological polar surface area (TPSA) is 77.2 Å². The van der Waals surface area contributed by atoms with Gasteiger partial charge in [0, 0.05) is 16.8 Å². The number of nitrogens with two attached hydrogens (primary N) is 1. The highest BCUT2D eigenvalue weighted by atomic mass is 32.1. The van der Waals surface area contributed by atoms with Crippen LogP contribution in [0.3, 0.4) is 0 Å². The number of pyridine rings is 1. The number of aryl methyl sites for hydroxylation is 2. The molecule has 0 bridgehead atoms. The summed E-state index contributed by atoms with van der Waals surface area (Å²) in [4.78, 5) is 18.8. The first-order chi connectivity index (χ1) is 12.7. The van der Waals surface area contributed by atoms with Crippen molar-refractivity contribution in [2.24, 2.45) is 0 Å². The molecule has 3 aromatic rings. The Labute approximate surface area is 156 Å². The Morgan fingerprint density at radius 3 is 2.81 bits per heavy atom. The summed E-state index contributed by atoms with van der Waals surface area (Å²) in [7, 11) is 0. The zero-order valence-electron chi connectivity index (χ0n) is 14.7. The average molecular weight is 367 g/mol. The number of amides is 1. The SMILES string of the molecule is CCOc1ccc(NC(=O)c2sc3nc4c(cc3c2N)CCCC4)cc1. The molecule has 2 aromatic heterocycles. The number of ether oxygens (including phenoxy) is 1. The van der Waals surface area contributed by atoms with Gasteiger partial charge in [-0.05, 0) is 68.5 Å². The van der Waals surface area contributed by atoms with Crippen LogP contribution in [0.25, 0.3) is 10.2 Å². The first-order valence-corrected chi connectivity index (χ1v) is 9.72. The maximum absolute atomic E-state index is 12.7. The second kappa shape index (κ2) is 6.96. The zero-order chi connectivity index (χ0) is 18.1. The van der Waals surface area contributed by atoms with E-state index >= 15 is 0 Å². The molecule has 0 atom stereocenters. The van der Waals surface area contributed by atoms with E-state index in [1.54, 1.807) is 0 Å². The highest BCUT2D eigenvalue weighted by Crippen LogP contribution is 2.35. The summed E-state index contributed by atoms with van der Waals surface area (Å²) in [6.07, 6.45) is 4.42. The van der Waals surface area contributed by atoms with E-state index in [1.807, 2.05) is 31.2 Å². The molecule has 1 aliphatic rings. The van der Waals surface area contributed by atoms with Crippen molar-refractivity contribution >= 4 is 38.8 Å². The lowest BCUT2D eigenvalue weighted by molar-refractivity contribution is 0.103. The number of benzene rings is 1. The molecular weight excluding hydrogens is 346 g/mol. The number of carbonyl (C=O) groups excluding carboxylic acids is 1. The van der Waals surface area contributed by atoms with Gasteiger partial charge in [0.1, 0.15) is 15.5 Å². The van der Waals surface area contributed by atoms with Crippen molar-refractivity contribution in [1.82, 2.24) is 4.98 Å². The number of nitrogens with zero attached hydrogens (tertiary/aromatic N) is 1. The summed E-state index contributed by atoms with van der Waals surface area (Å²) in [5.74, 6) is 0.578. The molecule has 0 saturated heterocycles. The van der Waals surface area contributed by atoms with Crippen LogP contribution < -0.4 is 15.8 Å². The van der Waals surface area contributed by atoms with Crippen LogP contribution in [0, 0.1) is 0 Å². The fourth-order valence-corrected chi connectivity index (χ4v) is 4.31. The lowest BCUT2D eigenvalue weighted by atomic mass is 9.95. The van der Waals surface area contributed by atoms with Crippen LogP contribution in [0.15, 0.2) is 30.3 Å². The maximum Gasteiger partial charge on any atom is 0.267 e. The summed E-state index contributed by atoms with van der Waals surface area (Å²) in [5, 5.41) is 3.80. The molecule has 1 amide bonds. The molecule has 0 radical (unpaired) electrons. The number of fused-ring (bicyclic) bond motifs is 2. The fraction of sp³-hybridized carbons (Fsp3) is 0.300.